The number of nitrogens with zero attached hydrogens (tertiary/aromatic N) is 1. The predicted octanol–water partition coefficient (Wildman–Crippen LogP) is 3.73. The lowest BCUT2D eigenvalue weighted by Gasteiger charge is -2.35. The minimum absolute atomic E-state index is 0.404. The van der Waals surface area contributed by atoms with Crippen LogP contribution in [0.3, 0.4) is 0 Å². The monoisotopic (exact) mass is 253 g/mol. The highest BCUT2D eigenvalue weighted by Crippen LogP contribution is 2.34. The van der Waals surface area contributed by atoms with Crippen molar-refractivity contribution in [1.29, 1.82) is 0 Å². The zero-order valence-corrected chi connectivity index (χ0v) is 12.7. The van der Waals surface area contributed by atoms with Crippen molar-refractivity contribution >= 4 is 0 Å². The van der Waals surface area contributed by atoms with Gasteiger partial charge in [-0.1, -0.05) is 32.9 Å². The van der Waals surface area contributed by atoms with E-state index < -0.39 is 0 Å². The molecule has 0 spiro atoms. The van der Waals surface area contributed by atoms with Gasteiger partial charge in [-0.25, -0.2) is 0 Å². The number of hydrogen-bond acceptors (Lipinski definition) is 2. The van der Waals surface area contributed by atoms with Gasteiger partial charge >= 0.3 is 0 Å². The van der Waals surface area contributed by atoms with E-state index in [0.29, 0.717) is 12.0 Å². The summed E-state index contributed by atoms with van der Waals surface area (Å²) < 4.78 is 6.16. The van der Waals surface area contributed by atoms with E-state index in [1.54, 1.807) is 0 Å². The molecule has 1 saturated carbocycles. The molecule has 0 aromatic carbocycles. The van der Waals surface area contributed by atoms with Crippen LogP contribution in [-0.4, -0.2) is 37.2 Å². The Morgan fingerprint density at radius 2 is 1.94 bits per heavy atom. The van der Waals surface area contributed by atoms with E-state index in [0.717, 1.165) is 32.2 Å². The van der Waals surface area contributed by atoms with Crippen LogP contribution in [0.4, 0.5) is 0 Å². The first kappa shape index (κ1) is 15.7. The number of ether oxygens (including phenoxy) is 1. The van der Waals surface area contributed by atoms with Crippen molar-refractivity contribution in [2.24, 2.45) is 11.8 Å². The van der Waals surface area contributed by atoms with Crippen molar-refractivity contribution in [2.75, 3.05) is 26.2 Å². The van der Waals surface area contributed by atoms with Gasteiger partial charge < -0.3 is 9.64 Å². The first-order valence-electron chi connectivity index (χ1n) is 7.57. The molecular weight excluding hydrogens is 222 g/mol. The Bertz CT molecular complexity index is 247. The number of hydrogen-bond donors (Lipinski definition) is 0. The molecule has 18 heavy (non-hydrogen) atoms. The lowest BCUT2D eigenvalue weighted by Crippen LogP contribution is -2.35. The molecule has 0 heterocycles. The van der Waals surface area contributed by atoms with E-state index in [1.165, 1.54) is 24.8 Å². The van der Waals surface area contributed by atoms with Gasteiger partial charge in [-0.05, 0) is 45.2 Å². The predicted molar refractivity (Wildman–Crippen MR) is 78.8 cm³/mol. The van der Waals surface area contributed by atoms with Crippen molar-refractivity contribution in [3.63, 3.8) is 0 Å². The van der Waals surface area contributed by atoms with Crippen LogP contribution in [0.25, 0.3) is 0 Å². The van der Waals surface area contributed by atoms with Gasteiger partial charge in [-0.15, -0.1) is 0 Å². The molecule has 106 valence electrons. The van der Waals surface area contributed by atoms with Crippen LogP contribution >= 0.6 is 0 Å². The second kappa shape index (κ2) is 7.96. The Morgan fingerprint density at radius 3 is 2.50 bits per heavy atom. The quantitative estimate of drug-likeness (QED) is 0.641. The molecule has 2 heteroatoms. The van der Waals surface area contributed by atoms with Crippen molar-refractivity contribution < 1.29 is 4.74 Å². The fourth-order valence-electron chi connectivity index (χ4n) is 2.95. The van der Waals surface area contributed by atoms with Crippen LogP contribution in [0.15, 0.2) is 12.2 Å². The van der Waals surface area contributed by atoms with Crippen LogP contribution < -0.4 is 0 Å². The summed E-state index contributed by atoms with van der Waals surface area (Å²) in [5.41, 5.74) is 1.30. The molecule has 0 radical (unpaired) electrons. The van der Waals surface area contributed by atoms with E-state index in [9.17, 15) is 0 Å². The van der Waals surface area contributed by atoms with Crippen LogP contribution in [0, 0.1) is 11.8 Å². The summed E-state index contributed by atoms with van der Waals surface area (Å²) in [4.78, 5) is 2.42. The van der Waals surface area contributed by atoms with Gasteiger partial charge in [0, 0.05) is 12.5 Å². The third-order valence-corrected chi connectivity index (χ3v) is 4.32. The van der Waals surface area contributed by atoms with Crippen molar-refractivity contribution in [3.8, 4) is 0 Å². The van der Waals surface area contributed by atoms with Gasteiger partial charge in [0.1, 0.15) is 0 Å². The van der Waals surface area contributed by atoms with Gasteiger partial charge in [0.2, 0.25) is 0 Å². The van der Waals surface area contributed by atoms with Gasteiger partial charge in [0.05, 0.1) is 12.7 Å². The summed E-state index contributed by atoms with van der Waals surface area (Å²) in [5, 5.41) is 0. The molecule has 1 fully saturated rings. The minimum Gasteiger partial charge on any atom is -0.376 e. The average Bonchev–Trinajstić information content (AvgIpc) is 2.34. The van der Waals surface area contributed by atoms with E-state index >= 15 is 0 Å². The lowest BCUT2D eigenvalue weighted by molar-refractivity contribution is -0.0197. The second-order valence-electron chi connectivity index (χ2n) is 5.81. The van der Waals surface area contributed by atoms with Crippen LogP contribution in [0.5, 0.6) is 0 Å². The molecule has 3 unspecified atom stereocenters. The molecule has 2 nitrogen and oxygen atoms in total. The third kappa shape index (κ3) is 4.74. The highest BCUT2D eigenvalue weighted by Gasteiger charge is 2.29. The first-order chi connectivity index (χ1) is 8.58. The van der Waals surface area contributed by atoms with Crippen molar-refractivity contribution in [1.82, 2.24) is 4.90 Å². The summed E-state index contributed by atoms with van der Waals surface area (Å²) in [6, 6.07) is 0. The molecule has 3 atom stereocenters. The van der Waals surface area contributed by atoms with Crippen molar-refractivity contribution in [2.45, 2.75) is 53.1 Å². The second-order valence-corrected chi connectivity index (χ2v) is 5.81. The maximum atomic E-state index is 6.16. The summed E-state index contributed by atoms with van der Waals surface area (Å²) in [6.07, 6.45) is 4.19. The van der Waals surface area contributed by atoms with Gasteiger partial charge in [0.15, 0.2) is 0 Å². The van der Waals surface area contributed by atoms with Crippen molar-refractivity contribution in [3.05, 3.63) is 12.2 Å². The molecule has 0 aromatic rings. The van der Waals surface area contributed by atoms with E-state index in [1.807, 2.05) is 0 Å². The van der Waals surface area contributed by atoms with Gasteiger partial charge in [-0.2, -0.15) is 0 Å². The first-order valence-corrected chi connectivity index (χ1v) is 7.57. The summed E-state index contributed by atoms with van der Waals surface area (Å²) in [7, 11) is 0. The zero-order valence-electron chi connectivity index (χ0n) is 12.7. The topological polar surface area (TPSA) is 12.5 Å². The average molecular weight is 253 g/mol. The summed E-state index contributed by atoms with van der Waals surface area (Å²) in [5.74, 6) is 1.39. The third-order valence-electron chi connectivity index (χ3n) is 4.32. The maximum absolute atomic E-state index is 6.16. The van der Waals surface area contributed by atoms with Gasteiger partial charge in [0.25, 0.3) is 0 Å². The minimum atomic E-state index is 0.404. The molecule has 0 N–H and O–H groups in total. The fraction of sp³-hybridized carbons (Fsp3) is 0.875. The number of likely N-dealkylation sites (N-methyl/N-ethyl adjacent to an activating group) is 1. The summed E-state index contributed by atoms with van der Waals surface area (Å²) >= 11 is 0. The Kier molecular flexibility index (Phi) is 6.95. The Morgan fingerprint density at radius 1 is 1.28 bits per heavy atom. The van der Waals surface area contributed by atoms with Gasteiger partial charge in [-0.3, -0.25) is 0 Å². The molecule has 1 aliphatic carbocycles. The zero-order chi connectivity index (χ0) is 13.5. The Balaban J connectivity index is 2.39. The molecule has 0 aromatic heterocycles. The van der Waals surface area contributed by atoms with Crippen LogP contribution in [0.2, 0.25) is 0 Å². The van der Waals surface area contributed by atoms with Crippen LogP contribution in [0.1, 0.15) is 47.0 Å². The SMILES string of the molecule is C=C(C)C1CCC(C)CC1OCCN(CC)CC. The fourth-order valence-corrected chi connectivity index (χ4v) is 2.95. The Labute approximate surface area is 113 Å². The lowest BCUT2D eigenvalue weighted by atomic mass is 9.78. The van der Waals surface area contributed by atoms with Crippen LogP contribution in [-0.2, 0) is 4.74 Å². The molecule has 0 bridgehead atoms. The molecular formula is C16H31NO. The van der Waals surface area contributed by atoms with E-state index in [2.05, 4.69) is 39.2 Å². The summed E-state index contributed by atoms with van der Waals surface area (Å²) in [6.45, 7) is 17.2. The highest BCUT2D eigenvalue weighted by atomic mass is 16.5. The van der Waals surface area contributed by atoms with E-state index in [4.69, 9.17) is 4.74 Å². The highest BCUT2D eigenvalue weighted by molar-refractivity contribution is 5.02. The molecule has 0 amide bonds. The van der Waals surface area contributed by atoms with E-state index in [-0.39, 0.29) is 0 Å². The smallest absolute Gasteiger partial charge is 0.0643 e. The molecule has 0 saturated heterocycles. The Hall–Kier alpha value is -0.340. The molecule has 1 aliphatic rings. The molecule has 0 aliphatic heterocycles. The molecule has 1 rings (SSSR count). The number of rotatable bonds is 7. The largest absolute Gasteiger partial charge is 0.376 e. The maximum Gasteiger partial charge on any atom is 0.0643 e. The standard InChI is InChI=1S/C16H31NO/c1-6-17(7-2)10-11-18-16-12-14(5)8-9-15(16)13(3)4/h14-16H,3,6-12H2,1-2,4-5H3. The normalized spacial score (nSPS) is 28.6.